The van der Waals surface area contributed by atoms with Gasteiger partial charge in [0.25, 0.3) is 0 Å². The molecule has 160 valence electrons. The number of likely N-dealkylation sites (tertiary alicyclic amines) is 1. The molecule has 0 amide bonds. The molecule has 1 aromatic rings. The zero-order valence-corrected chi connectivity index (χ0v) is 18.5. The summed E-state index contributed by atoms with van der Waals surface area (Å²) >= 11 is -0.661. The fraction of sp³-hybridized carbons (Fsp3) is 0.714. The summed E-state index contributed by atoms with van der Waals surface area (Å²) in [4.78, 5) is 7.31. The Morgan fingerprint density at radius 1 is 1.31 bits per heavy atom. The number of aromatic nitrogens is 2. The first-order valence-corrected chi connectivity index (χ1v) is 12.3. The lowest BCUT2D eigenvalue weighted by atomic mass is 9.87. The van der Waals surface area contributed by atoms with Crippen molar-refractivity contribution in [2.75, 3.05) is 24.6 Å². The molecule has 4 rings (SSSR count). The number of piperidine rings is 1. The van der Waals surface area contributed by atoms with Crippen LogP contribution in [0.3, 0.4) is 0 Å². The largest absolute Gasteiger partial charge is 0.616 e. The van der Waals surface area contributed by atoms with E-state index in [1.165, 1.54) is 12.8 Å². The molecule has 7 nitrogen and oxygen atoms in total. The SMILES string of the molecule is C=C(/N=C(\c1cnn(C)c1C)N1CCC(C2(N)CC2)CC1)NC1CC[S+]([O-])CC1. The number of nitrogens with one attached hydrogen (secondary N) is 1. The number of nitrogens with two attached hydrogens (primary N) is 1. The molecule has 0 atom stereocenters. The molecule has 3 heterocycles. The minimum Gasteiger partial charge on any atom is -0.616 e. The highest BCUT2D eigenvalue weighted by Crippen LogP contribution is 2.44. The fourth-order valence-electron chi connectivity index (χ4n) is 4.57. The molecule has 0 bridgehead atoms. The van der Waals surface area contributed by atoms with Gasteiger partial charge in [-0.05, 0) is 38.5 Å². The van der Waals surface area contributed by atoms with E-state index in [1.807, 2.05) is 17.9 Å². The van der Waals surface area contributed by atoms with Crippen LogP contribution in [0.4, 0.5) is 0 Å². The van der Waals surface area contributed by atoms with Crippen LogP contribution in [0, 0.1) is 12.8 Å². The van der Waals surface area contributed by atoms with E-state index in [1.54, 1.807) is 0 Å². The molecular weight excluding hydrogens is 384 g/mol. The van der Waals surface area contributed by atoms with Gasteiger partial charge in [0.15, 0.2) is 0 Å². The van der Waals surface area contributed by atoms with Crippen LogP contribution in [-0.4, -0.2) is 61.2 Å². The van der Waals surface area contributed by atoms with E-state index in [2.05, 4.69) is 28.8 Å². The van der Waals surface area contributed by atoms with Gasteiger partial charge in [-0.1, -0.05) is 17.8 Å². The quantitative estimate of drug-likeness (QED) is 0.431. The summed E-state index contributed by atoms with van der Waals surface area (Å²) in [5.41, 5.74) is 8.73. The lowest BCUT2D eigenvalue weighted by molar-refractivity contribution is 0.228. The van der Waals surface area contributed by atoms with Gasteiger partial charge in [-0.25, -0.2) is 4.99 Å². The molecule has 1 saturated carbocycles. The molecule has 0 unspecified atom stereocenters. The summed E-state index contributed by atoms with van der Waals surface area (Å²) in [5, 5.41) is 7.89. The van der Waals surface area contributed by atoms with E-state index in [4.69, 9.17) is 10.7 Å². The summed E-state index contributed by atoms with van der Waals surface area (Å²) < 4.78 is 13.5. The minimum absolute atomic E-state index is 0.0971. The monoisotopic (exact) mass is 418 g/mol. The van der Waals surface area contributed by atoms with Crippen molar-refractivity contribution in [3.8, 4) is 0 Å². The number of rotatable bonds is 5. The Labute approximate surface area is 177 Å². The van der Waals surface area contributed by atoms with Crippen LogP contribution in [0.2, 0.25) is 0 Å². The van der Waals surface area contributed by atoms with Crippen molar-refractivity contribution in [2.45, 2.75) is 57.0 Å². The standard InChI is InChI=1S/C21H34N6OS/c1-15-19(14-23-26(15)3)20(25-16(2)24-18-6-12-29(28)13-7-18)27-10-4-17(5-11-27)21(22)8-9-21/h14,17-18,24H,2,4-13,22H2,1,3H3/b25-20+. The van der Waals surface area contributed by atoms with Crippen LogP contribution < -0.4 is 11.1 Å². The number of hydrogen-bond acceptors (Lipinski definition) is 5. The Hall–Kier alpha value is -1.51. The third-order valence-electron chi connectivity index (χ3n) is 6.91. The van der Waals surface area contributed by atoms with Crippen molar-refractivity contribution in [1.29, 1.82) is 0 Å². The number of hydrogen-bond donors (Lipinski definition) is 2. The van der Waals surface area contributed by atoms with Gasteiger partial charge < -0.3 is 20.5 Å². The third-order valence-corrected chi connectivity index (χ3v) is 8.29. The molecule has 1 aliphatic carbocycles. The molecule has 3 aliphatic rings. The lowest BCUT2D eigenvalue weighted by Gasteiger charge is -2.37. The molecule has 3 N–H and O–H groups in total. The topological polar surface area (TPSA) is 94.5 Å². The Kier molecular flexibility index (Phi) is 5.95. The van der Waals surface area contributed by atoms with E-state index >= 15 is 0 Å². The average Bonchev–Trinajstić information content (AvgIpc) is 3.38. The Morgan fingerprint density at radius 3 is 2.52 bits per heavy atom. The molecule has 0 aromatic carbocycles. The highest BCUT2D eigenvalue weighted by Gasteiger charge is 2.46. The molecule has 0 radical (unpaired) electrons. The van der Waals surface area contributed by atoms with Gasteiger partial charge in [-0.3, -0.25) is 4.68 Å². The highest BCUT2D eigenvalue weighted by molar-refractivity contribution is 7.91. The molecule has 2 saturated heterocycles. The maximum atomic E-state index is 11.6. The molecule has 1 aromatic heterocycles. The van der Waals surface area contributed by atoms with Gasteiger partial charge in [-0.15, -0.1) is 0 Å². The molecule has 8 heteroatoms. The van der Waals surface area contributed by atoms with Gasteiger partial charge in [-0.2, -0.15) is 5.10 Å². The van der Waals surface area contributed by atoms with Gasteiger partial charge in [0.05, 0.1) is 11.8 Å². The summed E-state index contributed by atoms with van der Waals surface area (Å²) in [7, 11) is 1.96. The van der Waals surface area contributed by atoms with Crippen LogP contribution in [0.1, 0.15) is 49.8 Å². The molecular formula is C21H34N6OS. The first kappa shape index (κ1) is 20.8. The molecule has 3 fully saturated rings. The fourth-order valence-corrected chi connectivity index (χ4v) is 5.87. The van der Waals surface area contributed by atoms with E-state index in [0.29, 0.717) is 17.8 Å². The van der Waals surface area contributed by atoms with Gasteiger partial charge in [0.2, 0.25) is 0 Å². The van der Waals surface area contributed by atoms with Gasteiger partial charge in [0.1, 0.15) is 23.2 Å². The van der Waals surface area contributed by atoms with Crippen molar-refractivity contribution in [2.24, 2.45) is 23.7 Å². The normalized spacial score (nSPS) is 27.7. The minimum atomic E-state index is -0.661. The van der Waals surface area contributed by atoms with Crippen LogP contribution in [0.5, 0.6) is 0 Å². The maximum absolute atomic E-state index is 11.6. The van der Waals surface area contributed by atoms with Crippen molar-refractivity contribution in [3.63, 3.8) is 0 Å². The average molecular weight is 419 g/mol. The first-order chi connectivity index (χ1) is 13.9. The summed E-state index contributed by atoms with van der Waals surface area (Å²) in [6.45, 7) is 8.19. The molecule has 29 heavy (non-hydrogen) atoms. The van der Waals surface area contributed by atoms with Crippen LogP contribution in [0.15, 0.2) is 23.6 Å². The molecule has 0 spiro atoms. The Balaban J connectivity index is 1.49. The summed E-state index contributed by atoms with van der Waals surface area (Å²) in [5.74, 6) is 3.78. The number of aryl methyl sites for hydroxylation is 1. The number of amidine groups is 1. The van der Waals surface area contributed by atoms with E-state index < -0.39 is 11.2 Å². The lowest BCUT2D eigenvalue weighted by Crippen LogP contribution is -2.45. The van der Waals surface area contributed by atoms with Crippen molar-refractivity contribution in [3.05, 3.63) is 29.9 Å². The molecule has 2 aliphatic heterocycles. The Bertz CT molecular complexity index is 770. The highest BCUT2D eigenvalue weighted by atomic mass is 32.2. The maximum Gasteiger partial charge on any atom is 0.141 e. The van der Waals surface area contributed by atoms with E-state index in [9.17, 15) is 4.55 Å². The Morgan fingerprint density at radius 2 is 1.97 bits per heavy atom. The van der Waals surface area contributed by atoms with Gasteiger partial charge >= 0.3 is 0 Å². The van der Waals surface area contributed by atoms with Crippen molar-refractivity contribution in [1.82, 2.24) is 20.0 Å². The van der Waals surface area contributed by atoms with Gasteiger partial charge in [0, 0.05) is 50.3 Å². The number of aliphatic imine (C=N–C) groups is 1. The van der Waals surface area contributed by atoms with Crippen LogP contribution >= 0.6 is 0 Å². The second-order valence-electron chi connectivity index (χ2n) is 8.91. The first-order valence-electron chi connectivity index (χ1n) is 10.8. The van der Waals surface area contributed by atoms with E-state index in [-0.39, 0.29) is 5.54 Å². The van der Waals surface area contributed by atoms with E-state index in [0.717, 1.165) is 67.4 Å². The van der Waals surface area contributed by atoms with Crippen LogP contribution in [-0.2, 0) is 18.2 Å². The summed E-state index contributed by atoms with van der Waals surface area (Å²) in [6, 6.07) is 0.304. The number of nitrogens with zero attached hydrogens (tertiary/aromatic N) is 4. The van der Waals surface area contributed by atoms with Crippen molar-refractivity contribution < 1.29 is 4.55 Å². The predicted octanol–water partition coefficient (Wildman–Crippen LogP) is 1.65. The predicted molar refractivity (Wildman–Crippen MR) is 118 cm³/mol. The smallest absolute Gasteiger partial charge is 0.141 e. The van der Waals surface area contributed by atoms with Crippen molar-refractivity contribution >= 4 is 17.0 Å². The second kappa shape index (κ2) is 8.32. The second-order valence-corrected chi connectivity index (χ2v) is 10.6. The van der Waals surface area contributed by atoms with Crippen LogP contribution in [0.25, 0.3) is 0 Å². The zero-order chi connectivity index (χ0) is 20.6. The zero-order valence-electron chi connectivity index (χ0n) is 17.7. The summed E-state index contributed by atoms with van der Waals surface area (Å²) in [6.07, 6.45) is 8.30. The third kappa shape index (κ3) is 4.64.